The zero-order valence-corrected chi connectivity index (χ0v) is 12.8. The standard InChI is InChI=1S/C12H20N2O2S2/c1-9-10(13)6-5-7-11(9)18(15,16)14-8-12(2,3)17-4/h5-7,14H,8,13H2,1-4H3. The lowest BCUT2D eigenvalue weighted by atomic mass is 10.2. The number of nitrogens with one attached hydrogen (secondary N) is 1. The summed E-state index contributed by atoms with van der Waals surface area (Å²) in [6.45, 7) is 6.08. The average molecular weight is 288 g/mol. The maximum absolute atomic E-state index is 12.2. The molecule has 1 aromatic rings. The van der Waals surface area contributed by atoms with Crippen LogP contribution in [0, 0.1) is 6.92 Å². The molecular weight excluding hydrogens is 268 g/mol. The first-order valence-electron chi connectivity index (χ1n) is 5.59. The number of benzene rings is 1. The third kappa shape index (κ3) is 3.63. The highest BCUT2D eigenvalue weighted by Gasteiger charge is 2.22. The normalized spacial score (nSPS) is 12.7. The second-order valence-corrected chi connectivity index (χ2v) is 8.01. The van der Waals surface area contributed by atoms with Gasteiger partial charge in [-0.25, -0.2) is 13.1 Å². The van der Waals surface area contributed by atoms with E-state index in [0.717, 1.165) is 0 Å². The number of nitrogen functional groups attached to an aromatic ring is 1. The molecule has 3 N–H and O–H groups in total. The molecule has 0 bridgehead atoms. The summed E-state index contributed by atoms with van der Waals surface area (Å²) in [5.74, 6) is 0. The number of hydrogen-bond acceptors (Lipinski definition) is 4. The molecule has 0 saturated heterocycles. The predicted octanol–water partition coefficient (Wildman–Crippen LogP) is 2.00. The number of sulfonamides is 1. The van der Waals surface area contributed by atoms with Gasteiger partial charge in [-0.05, 0) is 44.7 Å². The molecule has 0 aliphatic rings. The van der Waals surface area contributed by atoms with Crippen LogP contribution in [-0.4, -0.2) is 26.0 Å². The van der Waals surface area contributed by atoms with Crippen LogP contribution in [-0.2, 0) is 10.0 Å². The number of nitrogens with two attached hydrogens (primary N) is 1. The Hall–Kier alpha value is -0.720. The van der Waals surface area contributed by atoms with Gasteiger partial charge < -0.3 is 5.73 Å². The maximum atomic E-state index is 12.2. The first kappa shape index (κ1) is 15.3. The highest BCUT2D eigenvalue weighted by atomic mass is 32.2. The Labute approximate surface area is 113 Å². The number of anilines is 1. The van der Waals surface area contributed by atoms with Crippen LogP contribution < -0.4 is 10.5 Å². The van der Waals surface area contributed by atoms with E-state index in [1.807, 2.05) is 20.1 Å². The van der Waals surface area contributed by atoms with Crippen molar-refractivity contribution in [3.8, 4) is 0 Å². The molecule has 102 valence electrons. The molecule has 0 aliphatic heterocycles. The summed E-state index contributed by atoms with van der Waals surface area (Å²) >= 11 is 1.62. The molecule has 0 heterocycles. The summed E-state index contributed by atoms with van der Waals surface area (Å²) < 4.78 is 26.9. The van der Waals surface area contributed by atoms with E-state index in [4.69, 9.17) is 5.73 Å². The van der Waals surface area contributed by atoms with Gasteiger partial charge in [-0.15, -0.1) is 0 Å². The van der Waals surface area contributed by atoms with Crippen molar-refractivity contribution in [3.05, 3.63) is 23.8 Å². The van der Waals surface area contributed by atoms with Crippen molar-refractivity contribution in [2.24, 2.45) is 0 Å². The van der Waals surface area contributed by atoms with Crippen molar-refractivity contribution in [2.75, 3.05) is 18.5 Å². The number of hydrogen-bond donors (Lipinski definition) is 2. The molecule has 0 spiro atoms. The molecular formula is C12H20N2O2S2. The van der Waals surface area contributed by atoms with Crippen LogP contribution in [0.25, 0.3) is 0 Å². The number of rotatable bonds is 5. The van der Waals surface area contributed by atoms with E-state index < -0.39 is 10.0 Å². The Morgan fingerprint density at radius 3 is 2.56 bits per heavy atom. The van der Waals surface area contributed by atoms with Crippen LogP contribution >= 0.6 is 11.8 Å². The van der Waals surface area contributed by atoms with E-state index in [1.54, 1.807) is 36.9 Å². The average Bonchev–Trinajstić information content (AvgIpc) is 2.30. The minimum absolute atomic E-state index is 0.138. The van der Waals surface area contributed by atoms with Gasteiger partial charge in [0.2, 0.25) is 10.0 Å². The molecule has 0 amide bonds. The van der Waals surface area contributed by atoms with Crippen LogP contribution in [0.2, 0.25) is 0 Å². The SMILES string of the molecule is CSC(C)(C)CNS(=O)(=O)c1cccc(N)c1C. The second-order valence-electron chi connectivity index (χ2n) is 4.76. The van der Waals surface area contributed by atoms with Crippen molar-refractivity contribution in [1.29, 1.82) is 0 Å². The lowest BCUT2D eigenvalue weighted by molar-refractivity contribution is 0.570. The zero-order chi connectivity index (χ0) is 14.0. The van der Waals surface area contributed by atoms with Gasteiger partial charge in [0.15, 0.2) is 0 Å². The molecule has 6 heteroatoms. The van der Waals surface area contributed by atoms with E-state index in [0.29, 0.717) is 17.8 Å². The zero-order valence-electron chi connectivity index (χ0n) is 11.1. The quantitative estimate of drug-likeness (QED) is 0.813. The second kappa shape index (κ2) is 5.50. The highest BCUT2D eigenvalue weighted by Crippen LogP contribution is 2.23. The molecule has 0 saturated carbocycles. The van der Waals surface area contributed by atoms with E-state index >= 15 is 0 Å². The fraction of sp³-hybridized carbons (Fsp3) is 0.500. The Bertz CT molecular complexity index is 525. The van der Waals surface area contributed by atoms with Gasteiger partial charge in [0, 0.05) is 17.0 Å². The van der Waals surface area contributed by atoms with Crippen molar-refractivity contribution in [1.82, 2.24) is 4.72 Å². The lowest BCUT2D eigenvalue weighted by Crippen LogP contribution is -2.36. The fourth-order valence-electron chi connectivity index (χ4n) is 1.34. The van der Waals surface area contributed by atoms with Crippen LogP contribution in [0.1, 0.15) is 19.4 Å². The van der Waals surface area contributed by atoms with Gasteiger partial charge in [-0.2, -0.15) is 11.8 Å². The van der Waals surface area contributed by atoms with Crippen molar-refractivity contribution in [2.45, 2.75) is 30.4 Å². The molecule has 0 radical (unpaired) electrons. The molecule has 0 atom stereocenters. The van der Waals surface area contributed by atoms with Gasteiger partial charge in [0.05, 0.1) is 4.90 Å². The first-order chi connectivity index (χ1) is 8.19. The number of thioether (sulfide) groups is 1. The topological polar surface area (TPSA) is 72.2 Å². The monoisotopic (exact) mass is 288 g/mol. The van der Waals surface area contributed by atoms with Crippen LogP contribution in [0.4, 0.5) is 5.69 Å². The van der Waals surface area contributed by atoms with Gasteiger partial charge >= 0.3 is 0 Å². The summed E-state index contributed by atoms with van der Waals surface area (Å²) in [6.07, 6.45) is 1.96. The summed E-state index contributed by atoms with van der Waals surface area (Å²) in [4.78, 5) is 0.249. The predicted molar refractivity (Wildman–Crippen MR) is 78.4 cm³/mol. The molecule has 0 aromatic heterocycles. The fourth-order valence-corrected chi connectivity index (χ4v) is 3.13. The van der Waals surface area contributed by atoms with E-state index in [1.165, 1.54) is 0 Å². The lowest BCUT2D eigenvalue weighted by Gasteiger charge is -2.22. The molecule has 4 nitrogen and oxygen atoms in total. The van der Waals surface area contributed by atoms with Crippen LogP contribution in [0.5, 0.6) is 0 Å². The summed E-state index contributed by atoms with van der Waals surface area (Å²) in [5, 5.41) is 0. The van der Waals surface area contributed by atoms with Gasteiger partial charge in [-0.3, -0.25) is 0 Å². The molecule has 1 rings (SSSR count). The smallest absolute Gasteiger partial charge is 0.240 e. The third-order valence-corrected chi connectivity index (χ3v) is 5.65. The van der Waals surface area contributed by atoms with Gasteiger partial charge in [0.25, 0.3) is 0 Å². The van der Waals surface area contributed by atoms with Crippen molar-refractivity contribution in [3.63, 3.8) is 0 Å². The largest absolute Gasteiger partial charge is 0.398 e. The van der Waals surface area contributed by atoms with E-state index in [2.05, 4.69) is 4.72 Å². The third-order valence-electron chi connectivity index (χ3n) is 2.86. The maximum Gasteiger partial charge on any atom is 0.240 e. The van der Waals surface area contributed by atoms with Crippen molar-refractivity contribution < 1.29 is 8.42 Å². The molecule has 1 aromatic carbocycles. The van der Waals surface area contributed by atoms with E-state index in [9.17, 15) is 8.42 Å². The van der Waals surface area contributed by atoms with Gasteiger partial charge in [-0.1, -0.05) is 6.07 Å². The van der Waals surface area contributed by atoms with Crippen LogP contribution in [0.3, 0.4) is 0 Å². The Morgan fingerprint density at radius 1 is 1.39 bits per heavy atom. The Kier molecular flexibility index (Phi) is 4.69. The minimum Gasteiger partial charge on any atom is -0.398 e. The summed E-state index contributed by atoms with van der Waals surface area (Å²) in [7, 11) is -3.50. The van der Waals surface area contributed by atoms with Crippen molar-refractivity contribution >= 4 is 27.5 Å². The Balaban J connectivity index is 2.98. The summed E-state index contributed by atoms with van der Waals surface area (Å²) in [6, 6.07) is 4.91. The van der Waals surface area contributed by atoms with Crippen LogP contribution in [0.15, 0.2) is 23.1 Å². The van der Waals surface area contributed by atoms with Gasteiger partial charge in [0.1, 0.15) is 0 Å². The molecule has 18 heavy (non-hydrogen) atoms. The van der Waals surface area contributed by atoms with E-state index in [-0.39, 0.29) is 9.64 Å². The first-order valence-corrected chi connectivity index (χ1v) is 8.30. The minimum atomic E-state index is -3.50. The molecule has 0 fully saturated rings. The molecule has 0 unspecified atom stereocenters. The summed E-state index contributed by atoms with van der Waals surface area (Å²) in [5.41, 5.74) is 6.81. The highest BCUT2D eigenvalue weighted by molar-refractivity contribution is 8.00. The molecule has 0 aliphatic carbocycles. The Morgan fingerprint density at radius 2 is 2.00 bits per heavy atom.